The molecular formula is C8H12FN3Y-2. The Kier molecular flexibility index (Phi) is 10.3. The number of nitrogens with one attached hydrogen (secondary N) is 1. The Morgan fingerprint density at radius 2 is 2.23 bits per heavy atom. The third kappa shape index (κ3) is 4.71. The first-order valence-electron chi connectivity index (χ1n) is 3.61. The Balaban J connectivity index is 0. The molecule has 71 valence electrons. The maximum atomic E-state index is 12.5. The zero-order valence-corrected chi connectivity index (χ0v) is 10.5. The van der Waals surface area contributed by atoms with Gasteiger partial charge < -0.3 is 16.8 Å². The smallest absolute Gasteiger partial charge is 0.118 e. The molecule has 1 fully saturated rings. The zero-order chi connectivity index (χ0) is 9.56. The molecule has 0 bridgehead atoms. The van der Waals surface area contributed by atoms with Crippen LogP contribution >= 0.6 is 0 Å². The Labute approximate surface area is 104 Å². The maximum Gasteiger partial charge on any atom is 0.118 e. The molecule has 0 aromatic rings. The van der Waals surface area contributed by atoms with Crippen molar-refractivity contribution in [3.63, 3.8) is 0 Å². The van der Waals surface area contributed by atoms with Crippen LogP contribution in [-0.2, 0) is 32.7 Å². The Hall–Kier alpha value is 0.0239. The Morgan fingerprint density at radius 1 is 1.69 bits per heavy atom. The number of nitriles is 1. The molecule has 2 atom stereocenters. The number of nitrogens with zero attached hydrogens (tertiary/aromatic N) is 2. The van der Waals surface area contributed by atoms with E-state index in [4.69, 9.17) is 11.0 Å². The molecule has 1 aliphatic rings. The summed E-state index contributed by atoms with van der Waals surface area (Å²) in [7, 11) is 1.25. The van der Waals surface area contributed by atoms with Gasteiger partial charge in [0.2, 0.25) is 0 Å². The van der Waals surface area contributed by atoms with Crippen molar-refractivity contribution >= 4 is 0 Å². The number of rotatable bonds is 1. The van der Waals surface area contributed by atoms with Crippen LogP contribution in [0.4, 0.5) is 4.39 Å². The first kappa shape index (κ1) is 15.5. The summed E-state index contributed by atoms with van der Waals surface area (Å²) in [5.41, 5.74) is 5.75. The van der Waals surface area contributed by atoms with Crippen molar-refractivity contribution in [2.45, 2.75) is 18.6 Å². The molecule has 1 radical (unpaired) electrons. The molecule has 0 aromatic carbocycles. The van der Waals surface area contributed by atoms with E-state index in [0.29, 0.717) is 6.42 Å². The second kappa shape index (κ2) is 8.61. The van der Waals surface area contributed by atoms with Gasteiger partial charge in [0.05, 0.1) is 12.1 Å². The van der Waals surface area contributed by atoms with E-state index in [1.165, 1.54) is 11.9 Å². The SMILES string of the molecule is C=[C-]N1C[C@@H](F)C[C@H]1C#N.C[NH-].[Y]. The van der Waals surface area contributed by atoms with E-state index in [9.17, 15) is 4.39 Å². The van der Waals surface area contributed by atoms with E-state index >= 15 is 0 Å². The quantitative estimate of drug-likeness (QED) is 0.670. The van der Waals surface area contributed by atoms with E-state index in [1.54, 1.807) is 0 Å². The van der Waals surface area contributed by atoms with Crippen LogP contribution in [0.2, 0.25) is 0 Å². The largest absolute Gasteiger partial charge is 0.680 e. The Bertz CT molecular complexity index is 181. The fourth-order valence-electron chi connectivity index (χ4n) is 1.08. The minimum absolute atomic E-state index is 0. The van der Waals surface area contributed by atoms with E-state index < -0.39 is 6.17 Å². The average molecular weight is 258 g/mol. The fourth-order valence-corrected chi connectivity index (χ4v) is 1.08. The van der Waals surface area contributed by atoms with Crippen molar-refractivity contribution in [1.29, 1.82) is 5.26 Å². The van der Waals surface area contributed by atoms with E-state index in [1.807, 2.05) is 6.07 Å². The monoisotopic (exact) mass is 258 g/mol. The number of alkyl halides is 1. The van der Waals surface area contributed by atoms with Gasteiger partial charge in [-0.3, -0.25) is 6.58 Å². The summed E-state index contributed by atoms with van der Waals surface area (Å²) in [5.74, 6) is 0. The van der Waals surface area contributed by atoms with Crippen LogP contribution in [0.25, 0.3) is 5.73 Å². The minimum atomic E-state index is -0.890. The van der Waals surface area contributed by atoms with Crippen molar-refractivity contribution < 1.29 is 37.1 Å². The van der Waals surface area contributed by atoms with Crippen molar-refractivity contribution in [2.75, 3.05) is 13.6 Å². The molecule has 5 heteroatoms. The van der Waals surface area contributed by atoms with Crippen LogP contribution in [-0.4, -0.2) is 30.7 Å². The van der Waals surface area contributed by atoms with Crippen molar-refractivity contribution in [3.05, 3.63) is 18.5 Å². The molecule has 1 rings (SSSR count). The molecule has 0 aromatic heterocycles. The van der Waals surface area contributed by atoms with Crippen LogP contribution in [0.5, 0.6) is 0 Å². The molecule has 0 aliphatic carbocycles. The van der Waals surface area contributed by atoms with Crippen LogP contribution in [0.3, 0.4) is 0 Å². The summed E-state index contributed by atoms with van der Waals surface area (Å²) in [5, 5.41) is 8.46. The van der Waals surface area contributed by atoms with Gasteiger partial charge in [-0.05, 0) is 0 Å². The second-order valence-electron chi connectivity index (χ2n) is 2.29. The summed E-state index contributed by atoms with van der Waals surface area (Å²) in [6, 6.07) is 1.62. The molecule has 0 amide bonds. The van der Waals surface area contributed by atoms with Gasteiger partial charge >= 0.3 is 0 Å². The predicted molar refractivity (Wildman–Crippen MR) is 44.7 cm³/mol. The molecule has 0 spiro atoms. The summed E-state index contributed by atoms with van der Waals surface area (Å²) in [4.78, 5) is 1.50. The van der Waals surface area contributed by atoms with Gasteiger partial charge in [-0.1, -0.05) is 0 Å². The molecule has 1 N–H and O–H groups in total. The molecule has 0 unspecified atom stereocenters. The average Bonchev–Trinajstić information content (AvgIpc) is 2.49. The minimum Gasteiger partial charge on any atom is -0.680 e. The molecule has 13 heavy (non-hydrogen) atoms. The predicted octanol–water partition coefficient (Wildman–Crippen LogP) is 1.53. The first-order chi connectivity index (χ1) is 5.77. The first-order valence-corrected chi connectivity index (χ1v) is 3.61. The molecular weight excluding hydrogens is 246 g/mol. The molecule has 1 heterocycles. The van der Waals surface area contributed by atoms with Crippen LogP contribution in [0.15, 0.2) is 6.58 Å². The van der Waals surface area contributed by atoms with Gasteiger partial charge in [-0.15, -0.1) is 0 Å². The van der Waals surface area contributed by atoms with Crippen LogP contribution < -0.4 is 0 Å². The van der Waals surface area contributed by atoms with Crippen LogP contribution in [0, 0.1) is 17.5 Å². The van der Waals surface area contributed by atoms with Gasteiger partial charge in [0.15, 0.2) is 0 Å². The van der Waals surface area contributed by atoms with Gasteiger partial charge in [-0.25, -0.2) is 4.39 Å². The normalized spacial score (nSPS) is 24.9. The van der Waals surface area contributed by atoms with E-state index in [-0.39, 0.29) is 45.3 Å². The summed E-state index contributed by atoms with van der Waals surface area (Å²) >= 11 is 0. The van der Waals surface area contributed by atoms with Crippen molar-refractivity contribution in [1.82, 2.24) is 4.90 Å². The molecule has 1 saturated heterocycles. The number of likely N-dealkylation sites (tertiary alicyclic amines) is 1. The number of hydrogen-bond acceptors (Lipinski definition) is 2. The van der Waals surface area contributed by atoms with Gasteiger partial charge in [0.1, 0.15) is 6.17 Å². The zero-order valence-electron chi connectivity index (χ0n) is 7.63. The van der Waals surface area contributed by atoms with Crippen LogP contribution in [0.1, 0.15) is 6.42 Å². The topological polar surface area (TPSA) is 50.8 Å². The fraction of sp³-hybridized carbons (Fsp3) is 0.625. The van der Waals surface area contributed by atoms with E-state index in [0.717, 1.165) is 0 Å². The van der Waals surface area contributed by atoms with Gasteiger partial charge in [0.25, 0.3) is 0 Å². The third-order valence-electron chi connectivity index (χ3n) is 1.60. The Morgan fingerprint density at radius 3 is 2.54 bits per heavy atom. The summed E-state index contributed by atoms with van der Waals surface area (Å²) in [6.07, 6.45) is 1.92. The third-order valence-corrected chi connectivity index (χ3v) is 1.60. The molecule has 3 nitrogen and oxygen atoms in total. The second-order valence-corrected chi connectivity index (χ2v) is 2.29. The molecule has 0 saturated carbocycles. The standard InChI is InChI=1S/C7H8FN2.CH4N.Y/c1-2-10-5-6(8)3-7(10)4-9;1-2;/h6-7H,1,3,5H2;2H,1H3;/q2*-1;/t6-,7-;;/m0../s1. The van der Waals surface area contributed by atoms with Crippen molar-refractivity contribution in [3.8, 4) is 6.07 Å². The van der Waals surface area contributed by atoms with Gasteiger partial charge in [0, 0.05) is 45.7 Å². The molecule has 1 aliphatic heterocycles. The van der Waals surface area contributed by atoms with Crippen molar-refractivity contribution in [2.24, 2.45) is 0 Å². The van der Waals surface area contributed by atoms with E-state index in [2.05, 4.69) is 12.8 Å². The maximum absolute atomic E-state index is 12.5. The number of hydrogen-bond donors (Lipinski definition) is 0. The summed E-state index contributed by atoms with van der Waals surface area (Å²) < 4.78 is 12.5. The number of halogens is 1. The summed E-state index contributed by atoms with van der Waals surface area (Å²) in [6.45, 7) is 3.62. The van der Waals surface area contributed by atoms with Gasteiger partial charge in [-0.2, -0.15) is 12.3 Å².